The molecule has 0 spiro atoms. The van der Waals surface area contributed by atoms with E-state index in [0.29, 0.717) is 17.7 Å². The molecular weight excluding hydrogens is 490 g/mol. The molecule has 0 aliphatic heterocycles. The van der Waals surface area contributed by atoms with Crippen LogP contribution in [0, 0.1) is 23.7 Å². The number of nitrogens with zero attached hydrogens (tertiary/aromatic N) is 1. The molecule has 3 aliphatic carbocycles. The average Bonchev–Trinajstić information content (AvgIpc) is 2.86. The minimum atomic E-state index is -2.73. The Labute approximate surface area is 218 Å². The number of likely N-dealkylation sites (N-methyl/N-ethyl adjacent to an activating group) is 1. The lowest BCUT2D eigenvalue weighted by atomic mass is 9.52. The molecule has 0 bridgehead atoms. The fraction of sp³-hybridized carbons (Fsp3) is 0.393. The average molecular weight is 520 g/mol. The van der Waals surface area contributed by atoms with Gasteiger partial charge in [0.15, 0.2) is 34.7 Å². The number of carbonyl (C=O) groups is 5. The third-order valence-electron chi connectivity index (χ3n) is 8.45. The van der Waals surface area contributed by atoms with E-state index in [0.717, 1.165) is 11.1 Å². The molecular formula is C28H29N3O7. The van der Waals surface area contributed by atoms with Crippen LogP contribution in [0.15, 0.2) is 36.4 Å². The molecule has 5 rings (SSSR count). The van der Waals surface area contributed by atoms with Crippen LogP contribution in [0.3, 0.4) is 0 Å². The maximum atomic E-state index is 13.9. The van der Waals surface area contributed by atoms with Crippen molar-refractivity contribution in [1.29, 1.82) is 0 Å². The van der Waals surface area contributed by atoms with Crippen LogP contribution in [0.4, 0.5) is 0 Å². The van der Waals surface area contributed by atoms with Gasteiger partial charge in [-0.3, -0.25) is 28.9 Å². The zero-order valence-electron chi connectivity index (χ0n) is 21.0. The van der Waals surface area contributed by atoms with Gasteiger partial charge in [0.1, 0.15) is 5.75 Å². The topological polar surface area (TPSA) is 181 Å². The smallest absolute Gasteiger partial charge is 0.235 e. The molecule has 0 heterocycles. The Hall–Kier alpha value is -3.73. The van der Waals surface area contributed by atoms with Gasteiger partial charge in [-0.05, 0) is 61.2 Å². The number of carbonyl (C=O) groups excluding carboxylic acids is 5. The molecule has 0 radical (unpaired) electrons. The van der Waals surface area contributed by atoms with E-state index in [-0.39, 0.29) is 24.2 Å². The number of phenols is 1. The molecule has 2 saturated carbocycles. The molecule has 6 N–H and O–H groups in total. The van der Waals surface area contributed by atoms with Gasteiger partial charge >= 0.3 is 0 Å². The molecule has 2 aromatic carbocycles. The van der Waals surface area contributed by atoms with E-state index in [4.69, 9.17) is 11.5 Å². The molecule has 0 saturated heterocycles. The van der Waals surface area contributed by atoms with Crippen LogP contribution in [0.1, 0.15) is 27.9 Å². The van der Waals surface area contributed by atoms with E-state index in [9.17, 15) is 34.2 Å². The van der Waals surface area contributed by atoms with Crippen molar-refractivity contribution < 1.29 is 34.2 Å². The van der Waals surface area contributed by atoms with Gasteiger partial charge in [-0.2, -0.15) is 0 Å². The molecule has 10 heteroatoms. The van der Waals surface area contributed by atoms with Gasteiger partial charge in [0.25, 0.3) is 0 Å². The lowest BCUT2D eigenvalue weighted by Crippen LogP contribution is -2.74. The number of primary amides is 1. The fourth-order valence-electron chi connectivity index (χ4n) is 6.70. The summed E-state index contributed by atoms with van der Waals surface area (Å²) in [6, 6.07) is 9.40. The number of fused-ring (bicyclic) bond motifs is 3. The summed E-state index contributed by atoms with van der Waals surface area (Å²) in [5.41, 5.74) is 11.3. The first-order chi connectivity index (χ1) is 17.9. The molecule has 2 unspecified atom stereocenters. The van der Waals surface area contributed by atoms with Crippen molar-refractivity contribution in [2.45, 2.75) is 31.0 Å². The van der Waals surface area contributed by atoms with Gasteiger partial charge in [-0.15, -0.1) is 0 Å². The van der Waals surface area contributed by atoms with Gasteiger partial charge in [0, 0.05) is 12.5 Å². The molecule has 0 aromatic heterocycles. The van der Waals surface area contributed by atoms with Gasteiger partial charge < -0.3 is 21.7 Å². The Bertz CT molecular complexity index is 1400. The van der Waals surface area contributed by atoms with E-state index in [2.05, 4.69) is 0 Å². The number of aromatic hydroxyl groups is 1. The van der Waals surface area contributed by atoms with Crippen molar-refractivity contribution in [3.63, 3.8) is 0 Å². The lowest BCUT2D eigenvalue weighted by Gasteiger charge is -2.52. The van der Waals surface area contributed by atoms with Gasteiger partial charge in [-0.25, -0.2) is 0 Å². The van der Waals surface area contributed by atoms with E-state index >= 15 is 0 Å². The van der Waals surface area contributed by atoms with E-state index in [1.807, 2.05) is 24.3 Å². The third-order valence-corrected chi connectivity index (χ3v) is 8.45. The normalized spacial score (nSPS) is 30.6. The van der Waals surface area contributed by atoms with Gasteiger partial charge in [-0.1, -0.05) is 30.3 Å². The zero-order chi connectivity index (χ0) is 27.7. The lowest BCUT2D eigenvalue weighted by molar-refractivity contribution is -0.181. The van der Waals surface area contributed by atoms with Crippen molar-refractivity contribution in [3.05, 3.63) is 53.1 Å². The highest BCUT2D eigenvalue weighted by molar-refractivity contribution is 6.32. The van der Waals surface area contributed by atoms with Crippen molar-refractivity contribution in [1.82, 2.24) is 4.90 Å². The molecule has 6 atom stereocenters. The number of hydrogen-bond donors (Lipinski definition) is 4. The van der Waals surface area contributed by atoms with E-state index in [1.54, 1.807) is 20.2 Å². The van der Waals surface area contributed by atoms with Crippen molar-refractivity contribution in [2.24, 2.45) is 35.1 Å². The van der Waals surface area contributed by atoms with Crippen LogP contribution in [-0.2, 0) is 32.1 Å². The molecule has 2 fully saturated rings. The van der Waals surface area contributed by atoms with E-state index in [1.165, 1.54) is 11.0 Å². The molecule has 10 nitrogen and oxygen atoms in total. The number of nitrogens with two attached hydrogens (primary N) is 2. The quantitative estimate of drug-likeness (QED) is 0.404. The number of Topliss-reactive ketones (excluding diaryl/α,β-unsaturated/α-hetero) is 4. The molecule has 3 aliphatic rings. The number of rotatable bonds is 4. The Balaban J connectivity index is 1.64. The van der Waals surface area contributed by atoms with Crippen molar-refractivity contribution >= 4 is 29.0 Å². The summed E-state index contributed by atoms with van der Waals surface area (Å²) in [5.74, 6) is -10.6. The number of benzene rings is 2. The number of ketones is 4. The first-order valence-corrected chi connectivity index (χ1v) is 12.4. The minimum Gasteiger partial charge on any atom is -0.507 e. The third kappa shape index (κ3) is 3.48. The summed E-state index contributed by atoms with van der Waals surface area (Å²) in [6.45, 7) is 0.365. The zero-order valence-corrected chi connectivity index (χ0v) is 21.0. The molecule has 2 aromatic rings. The van der Waals surface area contributed by atoms with Gasteiger partial charge in [0.2, 0.25) is 5.91 Å². The first kappa shape index (κ1) is 25.9. The molecule has 38 heavy (non-hydrogen) atoms. The first-order valence-electron chi connectivity index (χ1n) is 12.4. The fourth-order valence-corrected chi connectivity index (χ4v) is 6.70. The monoisotopic (exact) mass is 519 g/mol. The Morgan fingerprint density at radius 1 is 1.05 bits per heavy atom. The summed E-state index contributed by atoms with van der Waals surface area (Å²) in [7, 11) is 3.10. The second-order valence-electron chi connectivity index (χ2n) is 10.7. The summed E-state index contributed by atoms with van der Waals surface area (Å²) < 4.78 is 0. The highest BCUT2D eigenvalue weighted by atomic mass is 16.3. The van der Waals surface area contributed by atoms with Gasteiger partial charge in [0.05, 0.1) is 17.5 Å². The maximum absolute atomic E-state index is 13.9. The number of aliphatic hydroxyl groups is 1. The van der Waals surface area contributed by atoms with E-state index < -0.39 is 64.4 Å². The number of hydrogen-bond acceptors (Lipinski definition) is 9. The van der Waals surface area contributed by atoms with Crippen LogP contribution in [0.5, 0.6) is 5.75 Å². The Morgan fingerprint density at radius 2 is 1.71 bits per heavy atom. The van der Waals surface area contributed by atoms with Crippen LogP contribution < -0.4 is 11.5 Å². The van der Waals surface area contributed by atoms with Crippen LogP contribution in [0.25, 0.3) is 11.1 Å². The van der Waals surface area contributed by atoms with Crippen LogP contribution in [0.2, 0.25) is 0 Å². The predicted molar refractivity (Wildman–Crippen MR) is 135 cm³/mol. The standard InChI is InChI=1S/C28H29N3O7/c1-31(2)22-17-10-14-9-16-15(13-5-3-12(11-29)4-6-13)7-8-18(32)20(16)23(33)19(14)25(35)28(17,38)26(36)21(24(22)34)27(30)37/h3-8,14,17,19,21-22,32,38H,9-11,29H2,1-2H3,(H2,30,37)/t14-,17-,19?,21?,22-,28-/m1/s1. The molecule has 1 amide bonds. The summed E-state index contributed by atoms with van der Waals surface area (Å²) >= 11 is 0. The van der Waals surface area contributed by atoms with Crippen molar-refractivity contribution in [2.75, 3.05) is 14.1 Å². The summed E-state index contributed by atoms with van der Waals surface area (Å²) in [5, 5.41) is 22.3. The predicted octanol–water partition coefficient (Wildman–Crippen LogP) is -0.00730. The highest BCUT2D eigenvalue weighted by Crippen LogP contribution is 2.51. The van der Waals surface area contributed by atoms with Crippen LogP contribution >= 0.6 is 0 Å². The maximum Gasteiger partial charge on any atom is 0.235 e. The Morgan fingerprint density at radius 3 is 2.29 bits per heavy atom. The van der Waals surface area contributed by atoms with Crippen molar-refractivity contribution in [3.8, 4) is 16.9 Å². The second-order valence-corrected chi connectivity index (χ2v) is 10.7. The largest absolute Gasteiger partial charge is 0.507 e. The number of phenolic OH excluding ortho intramolecular Hbond substituents is 1. The summed E-state index contributed by atoms with van der Waals surface area (Å²) in [6.07, 6.45) is 0.208. The number of amides is 1. The minimum absolute atomic E-state index is 0.00506. The Kier molecular flexibility index (Phi) is 6.09. The second kappa shape index (κ2) is 8.93. The van der Waals surface area contributed by atoms with Crippen LogP contribution in [-0.4, -0.2) is 69.9 Å². The summed E-state index contributed by atoms with van der Waals surface area (Å²) in [4.78, 5) is 67.7. The highest BCUT2D eigenvalue weighted by Gasteiger charge is 2.69. The molecule has 198 valence electrons. The SMILES string of the molecule is CN(C)[C@H]1C(=O)C(C(N)=O)C(=O)[C@]2(O)C(=O)C3C(=O)c4c(O)ccc(-c5ccc(CN)cc5)c4C[C@@H]3C[C@H]12.